The van der Waals surface area contributed by atoms with E-state index in [-0.39, 0.29) is 0 Å². The molecule has 6 N–H and O–H groups in total. The summed E-state index contributed by atoms with van der Waals surface area (Å²) in [5.41, 5.74) is 0. The maximum atomic E-state index is 10.2. The van der Waals surface area contributed by atoms with Crippen molar-refractivity contribution in [2.45, 2.75) is 24.4 Å². The van der Waals surface area contributed by atoms with E-state index in [0.717, 1.165) is 0 Å². The molecule has 15 heavy (non-hydrogen) atoms. The molecule has 0 amide bonds. The molecule has 0 aromatic rings. The zero-order valence-corrected chi connectivity index (χ0v) is 7.22. The Bertz CT molecular complexity index is 239. The van der Waals surface area contributed by atoms with Crippen molar-refractivity contribution >= 4 is 11.9 Å². The SMILES string of the molecule is O=C(O)[C@@H](O)[C@@H](O)[C@H](OO)[C@@H](O)C(=O)O. The van der Waals surface area contributed by atoms with Gasteiger partial charge in [-0.05, 0) is 0 Å². The Morgan fingerprint density at radius 2 is 1.33 bits per heavy atom. The summed E-state index contributed by atoms with van der Waals surface area (Å²) in [6.07, 6.45) is -9.23. The summed E-state index contributed by atoms with van der Waals surface area (Å²) in [5.74, 6) is -3.71. The number of hydrogen-bond acceptors (Lipinski definition) is 7. The third-order valence-electron chi connectivity index (χ3n) is 1.60. The minimum Gasteiger partial charge on any atom is -0.479 e. The van der Waals surface area contributed by atoms with E-state index in [4.69, 9.17) is 30.8 Å². The number of aliphatic hydroxyl groups is 3. The first-order chi connectivity index (χ1) is 6.82. The van der Waals surface area contributed by atoms with Gasteiger partial charge in [0.25, 0.3) is 0 Å². The number of rotatable bonds is 6. The fourth-order valence-electron chi connectivity index (χ4n) is 0.773. The van der Waals surface area contributed by atoms with Crippen molar-refractivity contribution in [3.63, 3.8) is 0 Å². The topological polar surface area (TPSA) is 165 Å². The number of aliphatic hydroxyl groups excluding tert-OH is 3. The van der Waals surface area contributed by atoms with Crippen LogP contribution in [0.5, 0.6) is 0 Å². The summed E-state index contributed by atoms with van der Waals surface area (Å²) in [4.78, 5) is 23.8. The molecule has 0 spiro atoms. The van der Waals surface area contributed by atoms with Gasteiger partial charge in [0, 0.05) is 0 Å². The maximum Gasteiger partial charge on any atom is 0.335 e. The highest BCUT2D eigenvalue weighted by Crippen LogP contribution is 2.09. The molecule has 0 heterocycles. The van der Waals surface area contributed by atoms with Gasteiger partial charge in [0.2, 0.25) is 0 Å². The van der Waals surface area contributed by atoms with Gasteiger partial charge in [0.1, 0.15) is 6.10 Å². The van der Waals surface area contributed by atoms with Crippen LogP contribution in [0.15, 0.2) is 0 Å². The molecule has 0 saturated heterocycles. The molecule has 0 saturated carbocycles. The molecule has 0 radical (unpaired) electrons. The summed E-state index contributed by atoms with van der Waals surface area (Å²) < 4.78 is 0. The molecule has 0 fully saturated rings. The van der Waals surface area contributed by atoms with Gasteiger partial charge in [0.05, 0.1) is 0 Å². The molecule has 0 aliphatic rings. The molecule has 0 unspecified atom stereocenters. The van der Waals surface area contributed by atoms with Gasteiger partial charge < -0.3 is 25.5 Å². The standard InChI is InChI=1S/C6H10O9/c7-1(2(8)5(10)11)4(15-14)3(9)6(12)13/h1-4,7-9,14H,(H,10,11)(H,12,13)/t1-,2+,3-,4+/m1/s1. The van der Waals surface area contributed by atoms with E-state index >= 15 is 0 Å². The van der Waals surface area contributed by atoms with Crippen LogP contribution in [0.25, 0.3) is 0 Å². The molecular weight excluding hydrogens is 216 g/mol. The van der Waals surface area contributed by atoms with Crippen LogP contribution in [0.4, 0.5) is 0 Å². The molecule has 9 heteroatoms. The van der Waals surface area contributed by atoms with Gasteiger partial charge in [-0.1, -0.05) is 0 Å². The van der Waals surface area contributed by atoms with Crippen molar-refractivity contribution in [1.82, 2.24) is 0 Å². The van der Waals surface area contributed by atoms with E-state index in [9.17, 15) is 9.59 Å². The second-order valence-electron chi connectivity index (χ2n) is 2.63. The molecule has 0 aromatic heterocycles. The van der Waals surface area contributed by atoms with Crippen LogP contribution in [0.3, 0.4) is 0 Å². The number of carboxylic acids is 2. The van der Waals surface area contributed by atoms with Crippen LogP contribution >= 0.6 is 0 Å². The predicted octanol–water partition coefficient (Wildman–Crippen LogP) is -2.90. The fourth-order valence-corrected chi connectivity index (χ4v) is 0.773. The van der Waals surface area contributed by atoms with Crippen molar-refractivity contribution < 1.29 is 45.3 Å². The predicted molar refractivity (Wildman–Crippen MR) is 40.8 cm³/mol. The lowest BCUT2D eigenvalue weighted by Gasteiger charge is -2.23. The minimum atomic E-state index is -2.39. The summed E-state index contributed by atoms with van der Waals surface area (Å²) >= 11 is 0. The van der Waals surface area contributed by atoms with Crippen molar-refractivity contribution in [3.8, 4) is 0 Å². The Balaban J connectivity index is 4.67. The largest absolute Gasteiger partial charge is 0.479 e. The van der Waals surface area contributed by atoms with Gasteiger partial charge in [0.15, 0.2) is 18.3 Å². The zero-order valence-electron chi connectivity index (χ0n) is 7.22. The molecular formula is C6H10O9. The van der Waals surface area contributed by atoms with Gasteiger partial charge >= 0.3 is 11.9 Å². The number of aliphatic carboxylic acids is 2. The minimum absolute atomic E-state index is 1.86. The van der Waals surface area contributed by atoms with Crippen LogP contribution in [0.2, 0.25) is 0 Å². The lowest BCUT2D eigenvalue weighted by atomic mass is 10.0. The average molecular weight is 226 g/mol. The van der Waals surface area contributed by atoms with E-state index in [1.807, 2.05) is 0 Å². The fraction of sp³-hybridized carbons (Fsp3) is 0.667. The molecule has 0 bridgehead atoms. The highest BCUT2D eigenvalue weighted by molar-refractivity contribution is 5.75. The van der Waals surface area contributed by atoms with Crippen LogP contribution in [-0.2, 0) is 14.5 Å². The second-order valence-corrected chi connectivity index (χ2v) is 2.63. The first-order valence-electron chi connectivity index (χ1n) is 3.63. The van der Waals surface area contributed by atoms with Gasteiger partial charge in [-0.25, -0.2) is 14.5 Å². The van der Waals surface area contributed by atoms with Gasteiger partial charge in [-0.3, -0.25) is 5.26 Å². The quantitative estimate of drug-likeness (QED) is 0.206. The lowest BCUT2D eigenvalue weighted by Crippen LogP contribution is -2.51. The molecule has 4 atom stereocenters. The molecule has 0 aliphatic heterocycles. The van der Waals surface area contributed by atoms with Crippen molar-refractivity contribution in [1.29, 1.82) is 0 Å². The Kier molecular flexibility index (Phi) is 5.11. The normalized spacial score (nSPS) is 18.9. The molecule has 0 rings (SSSR count). The average Bonchev–Trinajstić information content (AvgIpc) is 2.16. The lowest BCUT2D eigenvalue weighted by molar-refractivity contribution is -0.319. The number of hydrogen-bond donors (Lipinski definition) is 6. The number of carbonyl (C=O) groups is 2. The molecule has 88 valence electrons. The first-order valence-corrected chi connectivity index (χ1v) is 3.63. The Morgan fingerprint density at radius 3 is 1.60 bits per heavy atom. The molecule has 0 aromatic carbocycles. The molecule has 9 nitrogen and oxygen atoms in total. The van der Waals surface area contributed by atoms with E-state index in [0.29, 0.717) is 0 Å². The van der Waals surface area contributed by atoms with E-state index in [1.165, 1.54) is 0 Å². The van der Waals surface area contributed by atoms with Crippen molar-refractivity contribution in [2.24, 2.45) is 0 Å². The van der Waals surface area contributed by atoms with E-state index in [1.54, 1.807) is 0 Å². The van der Waals surface area contributed by atoms with E-state index in [2.05, 4.69) is 4.89 Å². The first kappa shape index (κ1) is 13.7. The van der Waals surface area contributed by atoms with Gasteiger partial charge in [-0.15, -0.1) is 0 Å². The van der Waals surface area contributed by atoms with Crippen molar-refractivity contribution in [2.75, 3.05) is 0 Å². The van der Waals surface area contributed by atoms with Crippen LogP contribution in [0, 0.1) is 0 Å². The Hall–Kier alpha value is -1.26. The highest BCUT2D eigenvalue weighted by atomic mass is 17.1. The zero-order chi connectivity index (χ0) is 12.2. The second kappa shape index (κ2) is 5.58. The van der Waals surface area contributed by atoms with E-state index < -0.39 is 36.4 Å². The summed E-state index contributed by atoms with van der Waals surface area (Å²) in [7, 11) is 0. The van der Waals surface area contributed by atoms with Crippen LogP contribution in [-0.4, -0.2) is 67.1 Å². The van der Waals surface area contributed by atoms with Gasteiger partial charge in [-0.2, -0.15) is 0 Å². The monoisotopic (exact) mass is 226 g/mol. The Labute approximate surface area is 82.7 Å². The van der Waals surface area contributed by atoms with Crippen molar-refractivity contribution in [3.05, 3.63) is 0 Å². The summed E-state index contributed by atoms with van der Waals surface area (Å²) in [5, 5.41) is 51.3. The number of carboxylic acid groups (broad SMARTS) is 2. The highest BCUT2D eigenvalue weighted by Gasteiger charge is 2.40. The summed E-state index contributed by atoms with van der Waals surface area (Å²) in [6.45, 7) is 0. The maximum absolute atomic E-state index is 10.2. The third kappa shape index (κ3) is 3.42. The summed E-state index contributed by atoms with van der Waals surface area (Å²) in [6, 6.07) is 0. The van der Waals surface area contributed by atoms with Crippen LogP contribution < -0.4 is 0 Å². The Morgan fingerprint density at radius 1 is 0.933 bits per heavy atom. The third-order valence-corrected chi connectivity index (χ3v) is 1.60. The molecule has 0 aliphatic carbocycles. The van der Waals surface area contributed by atoms with Crippen LogP contribution in [0.1, 0.15) is 0 Å². The smallest absolute Gasteiger partial charge is 0.335 e.